The van der Waals surface area contributed by atoms with Gasteiger partial charge in [0.1, 0.15) is 0 Å². The Morgan fingerprint density at radius 3 is 0.833 bits per heavy atom. The molecule has 0 fully saturated rings. The zero-order valence-corrected chi connectivity index (χ0v) is 6.48. The molecular weight excluding hydrogens is 134 g/mol. The molecule has 0 aliphatic heterocycles. The quantitative estimate of drug-likeness (QED) is 0.458. The Balaban J connectivity index is -0.00000000500. The summed E-state index contributed by atoms with van der Waals surface area (Å²) in [5.74, 6) is 0. The second kappa shape index (κ2) is 183. The zero-order valence-electron chi connectivity index (χ0n) is 4.27. The van der Waals surface area contributed by atoms with Crippen LogP contribution in [0.25, 0.3) is 0 Å². The standard InChI is InChI=1S/2C2H5.ClH.V/c2*1-2;;/h2*1H2,2H3;1H;/q2*-1;;+2. The maximum Gasteiger partial charge on any atom is 2.00 e. The summed E-state index contributed by atoms with van der Waals surface area (Å²) in [6.07, 6.45) is 0. The van der Waals surface area contributed by atoms with E-state index in [1.54, 1.807) is 13.8 Å². The summed E-state index contributed by atoms with van der Waals surface area (Å²) in [6.45, 7) is 10.0. The molecule has 0 spiro atoms. The summed E-state index contributed by atoms with van der Waals surface area (Å²) < 4.78 is 0. The molecule has 0 aliphatic rings. The topological polar surface area (TPSA) is 0 Å². The number of hydrogen-bond donors (Lipinski definition) is 0. The van der Waals surface area contributed by atoms with Gasteiger partial charge in [0.15, 0.2) is 0 Å². The van der Waals surface area contributed by atoms with E-state index in [1.165, 1.54) is 0 Å². The van der Waals surface area contributed by atoms with Crippen molar-refractivity contribution < 1.29 is 18.6 Å². The van der Waals surface area contributed by atoms with Crippen molar-refractivity contribution in [1.29, 1.82) is 0 Å². The number of hydrogen-bond acceptors (Lipinski definition) is 0. The van der Waals surface area contributed by atoms with Gasteiger partial charge in [-0.3, -0.25) is 0 Å². The maximum atomic E-state index is 3.25. The van der Waals surface area contributed by atoms with Gasteiger partial charge in [-0.1, -0.05) is 0 Å². The van der Waals surface area contributed by atoms with Crippen molar-refractivity contribution >= 4 is 12.4 Å². The van der Waals surface area contributed by atoms with Gasteiger partial charge in [0, 0.05) is 0 Å². The number of rotatable bonds is 0. The molecule has 0 N–H and O–H groups in total. The molecule has 0 aliphatic carbocycles. The monoisotopic (exact) mass is 145 g/mol. The fourth-order valence-electron chi connectivity index (χ4n) is 0. The molecule has 0 aromatic heterocycles. The SMILES string of the molecule is Cl.[CH2-]C.[CH2-]C.[V+2]. The molecule has 0 aromatic carbocycles. The van der Waals surface area contributed by atoms with Crippen LogP contribution in [-0.2, 0) is 18.6 Å². The molecule has 0 bridgehead atoms. The Morgan fingerprint density at radius 1 is 0.833 bits per heavy atom. The van der Waals surface area contributed by atoms with Gasteiger partial charge in [0.2, 0.25) is 0 Å². The van der Waals surface area contributed by atoms with Crippen LogP contribution in [0.15, 0.2) is 0 Å². The van der Waals surface area contributed by atoms with Gasteiger partial charge in [-0.15, -0.1) is 12.4 Å². The molecule has 0 saturated heterocycles. The largest absolute Gasteiger partial charge is 2.00 e. The van der Waals surface area contributed by atoms with Crippen molar-refractivity contribution in [2.24, 2.45) is 0 Å². The van der Waals surface area contributed by atoms with Gasteiger partial charge < -0.3 is 13.8 Å². The Kier molecular flexibility index (Phi) is 874. The predicted octanol–water partition coefficient (Wildman–Crippen LogP) is 2.10. The molecule has 0 atom stereocenters. The molecule has 6 heavy (non-hydrogen) atoms. The van der Waals surface area contributed by atoms with Gasteiger partial charge in [0.05, 0.1) is 0 Å². The van der Waals surface area contributed by atoms with E-state index >= 15 is 0 Å². The average Bonchev–Trinajstić information content (AvgIpc) is 1.50. The normalized spacial score (nSPS) is 2.00. The molecule has 0 unspecified atom stereocenters. The summed E-state index contributed by atoms with van der Waals surface area (Å²) in [7, 11) is 0. The first kappa shape index (κ1) is 28.7. The Hall–Kier alpha value is 0.874. The summed E-state index contributed by atoms with van der Waals surface area (Å²) in [6, 6.07) is 0. The van der Waals surface area contributed by atoms with E-state index < -0.39 is 0 Å². The van der Waals surface area contributed by atoms with Crippen LogP contribution < -0.4 is 0 Å². The Labute approximate surface area is 59.0 Å². The van der Waals surface area contributed by atoms with Crippen LogP contribution in [0.1, 0.15) is 13.8 Å². The van der Waals surface area contributed by atoms with Gasteiger partial charge >= 0.3 is 18.6 Å². The van der Waals surface area contributed by atoms with Crippen LogP contribution in [0.4, 0.5) is 0 Å². The third-order valence-corrected chi connectivity index (χ3v) is 0. The summed E-state index contributed by atoms with van der Waals surface area (Å²) in [5.41, 5.74) is 0. The van der Waals surface area contributed by atoms with Crippen LogP contribution in [0.5, 0.6) is 0 Å². The van der Waals surface area contributed by atoms with Crippen molar-refractivity contribution in [3.63, 3.8) is 0 Å². The van der Waals surface area contributed by atoms with Crippen molar-refractivity contribution in [3.05, 3.63) is 13.8 Å². The van der Waals surface area contributed by atoms with Gasteiger partial charge in [-0.2, -0.15) is 13.8 Å². The van der Waals surface area contributed by atoms with E-state index in [1.807, 2.05) is 0 Å². The molecule has 0 nitrogen and oxygen atoms in total. The van der Waals surface area contributed by atoms with E-state index in [9.17, 15) is 0 Å². The van der Waals surface area contributed by atoms with Crippen molar-refractivity contribution in [2.75, 3.05) is 0 Å². The van der Waals surface area contributed by atoms with Crippen LogP contribution in [-0.4, -0.2) is 0 Å². The minimum Gasteiger partial charge on any atom is -0.346 e. The molecule has 0 aromatic rings. The molecular formula is C4H11ClV. The minimum atomic E-state index is 0. The summed E-state index contributed by atoms with van der Waals surface area (Å²) in [5, 5.41) is 0. The first-order valence-electron chi connectivity index (χ1n) is 1.41. The van der Waals surface area contributed by atoms with Gasteiger partial charge in [0.25, 0.3) is 0 Å². The maximum absolute atomic E-state index is 3.25. The molecule has 0 rings (SSSR count). The van der Waals surface area contributed by atoms with E-state index in [0.29, 0.717) is 0 Å². The smallest absolute Gasteiger partial charge is 0.346 e. The second-order valence-corrected chi connectivity index (χ2v) is 0. The molecule has 0 amide bonds. The van der Waals surface area contributed by atoms with E-state index in [0.717, 1.165) is 0 Å². The van der Waals surface area contributed by atoms with Crippen LogP contribution in [0.3, 0.4) is 0 Å². The zero-order chi connectivity index (χ0) is 4.00. The molecule has 39 valence electrons. The molecule has 1 radical (unpaired) electrons. The summed E-state index contributed by atoms with van der Waals surface area (Å²) >= 11 is 0. The fourth-order valence-corrected chi connectivity index (χ4v) is 0. The van der Waals surface area contributed by atoms with Crippen molar-refractivity contribution in [2.45, 2.75) is 13.8 Å². The van der Waals surface area contributed by atoms with E-state index in [4.69, 9.17) is 0 Å². The number of halogens is 1. The van der Waals surface area contributed by atoms with E-state index in [-0.39, 0.29) is 31.0 Å². The van der Waals surface area contributed by atoms with Gasteiger partial charge in [-0.25, -0.2) is 0 Å². The summed E-state index contributed by atoms with van der Waals surface area (Å²) in [4.78, 5) is 0. The molecule has 2 heteroatoms. The van der Waals surface area contributed by atoms with Gasteiger partial charge in [-0.05, 0) is 0 Å². The van der Waals surface area contributed by atoms with Crippen molar-refractivity contribution in [1.82, 2.24) is 0 Å². The predicted molar refractivity (Wildman–Crippen MR) is 29.3 cm³/mol. The fraction of sp³-hybridized carbons (Fsp3) is 0.500. The second-order valence-electron chi connectivity index (χ2n) is 0. The third-order valence-electron chi connectivity index (χ3n) is 0. The van der Waals surface area contributed by atoms with Crippen LogP contribution in [0.2, 0.25) is 0 Å². The van der Waals surface area contributed by atoms with Crippen LogP contribution >= 0.6 is 12.4 Å². The Bertz CT molecular complexity index is 7.51. The average molecular weight is 146 g/mol. The minimum absolute atomic E-state index is 0. The van der Waals surface area contributed by atoms with Crippen LogP contribution in [0, 0.1) is 13.8 Å². The van der Waals surface area contributed by atoms with E-state index in [2.05, 4.69) is 13.8 Å². The van der Waals surface area contributed by atoms with Crippen molar-refractivity contribution in [3.8, 4) is 0 Å². The molecule has 0 saturated carbocycles. The Morgan fingerprint density at radius 2 is 0.833 bits per heavy atom. The third kappa shape index (κ3) is 95.7. The first-order valence-corrected chi connectivity index (χ1v) is 1.41. The molecule has 0 heterocycles. The first-order chi connectivity index (χ1) is 2.00.